The Balaban J connectivity index is 1.58. The van der Waals surface area contributed by atoms with Crippen LogP contribution in [-0.2, 0) is 16.6 Å². The van der Waals surface area contributed by atoms with Crippen LogP contribution in [-0.4, -0.2) is 26.0 Å². The van der Waals surface area contributed by atoms with Crippen LogP contribution < -0.4 is 4.74 Å². The predicted molar refractivity (Wildman–Crippen MR) is 137 cm³/mol. The first-order chi connectivity index (χ1) is 21.2. The Hall–Kier alpha value is -5.18. The molecule has 7 nitrogen and oxygen atoms in total. The molecule has 0 amide bonds. The van der Waals surface area contributed by atoms with E-state index in [1.807, 2.05) is 0 Å². The number of aromatic nitrogens is 3. The number of aromatic amines is 2. The molecule has 2 heterocycles. The number of aryl methyl sites for hydroxylation is 1. The molecule has 0 saturated carbocycles. The summed E-state index contributed by atoms with van der Waals surface area (Å²) in [7, 11) is 0. The molecule has 5 rings (SSSR count). The minimum atomic E-state index is -3.17. The summed E-state index contributed by atoms with van der Waals surface area (Å²) < 4.78 is 112. The monoisotopic (exact) mass is 570 g/mol. The normalized spacial score (nSPS) is 14.4. The third-order valence-electron chi connectivity index (χ3n) is 6.29. The highest BCUT2D eigenvalue weighted by Crippen LogP contribution is 2.37. The highest BCUT2D eigenvalue weighted by molar-refractivity contribution is 5.82. The van der Waals surface area contributed by atoms with Crippen LogP contribution in [0.1, 0.15) is 35.6 Å². The molecular formula is C29H19F5N4O3. The maximum Gasteiger partial charge on any atom is 0.303 e. The minimum Gasteiger partial charge on any atom is -0.481 e. The summed E-state index contributed by atoms with van der Waals surface area (Å²) in [4.78, 5) is 19.8. The van der Waals surface area contributed by atoms with Gasteiger partial charge in [0.15, 0.2) is 11.6 Å². The third-order valence-corrected chi connectivity index (χ3v) is 6.29. The molecule has 1 atom stereocenters. The lowest BCUT2D eigenvalue weighted by Crippen LogP contribution is -2.22. The van der Waals surface area contributed by atoms with Crippen LogP contribution in [0, 0.1) is 40.4 Å². The van der Waals surface area contributed by atoms with Gasteiger partial charge in [-0.3, -0.25) is 4.79 Å². The Kier molecular flexibility index (Phi) is 5.75. The number of fused-ring (bicyclic) bond motifs is 1. The molecule has 0 radical (unpaired) electrons. The Labute approximate surface area is 234 Å². The van der Waals surface area contributed by atoms with Crippen LogP contribution in [0.15, 0.2) is 54.8 Å². The lowest BCUT2D eigenvalue weighted by molar-refractivity contribution is -0.136. The van der Waals surface area contributed by atoms with Crippen LogP contribution in [0.4, 0.5) is 22.0 Å². The van der Waals surface area contributed by atoms with Crippen molar-refractivity contribution >= 4 is 16.9 Å². The van der Waals surface area contributed by atoms with E-state index in [4.69, 9.17) is 15.3 Å². The topological polar surface area (TPSA) is 115 Å². The van der Waals surface area contributed by atoms with Crippen molar-refractivity contribution in [3.05, 3.63) is 101 Å². The second kappa shape index (κ2) is 10.4. The number of nitrogens with one attached hydrogen (secondary N) is 2. The van der Waals surface area contributed by atoms with E-state index in [0.717, 1.165) is 42.7 Å². The molecule has 3 N–H and O–H groups in total. The fourth-order valence-electron chi connectivity index (χ4n) is 4.24. The van der Waals surface area contributed by atoms with Crippen molar-refractivity contribution in [2.45, 2.75) is 25.1 Å². The van der Waals surface area contributed by atoms with Crippen molar-refractivity contribution in [2.24, 2.45) is 0 Å². The van der Waals surface area contributed by atoms with Gasteiger partial charge in [-0.1, -0.05) is 6.07 Å². The largest absolute Gasteiger partial charge is 0.481 e. The smallest absolute Gasteiger partial charge is 0.303 e. The van der Waals surface area contributed by atoms with E-state index in [0.29, 0.717) is 0 Å². The number of benzene rings is 3. The average Bonchev–Trinajstić information content (AvgIpc) is 3.61. The van der Waals surface area contributed by atoms with Crippen LogP contribution in [0.5, 0.6) is 11.5 Å². The van der Waals surface area contributed by atoms with Crippen molar-refractivity contribution in [1.29, 1.82) is 5.26 Å². The highest BCUT2D eigenvalue weighted by atomic mass is 19.2. The van der Waals surface area contributed by atoms with Gasteiger partial charge in [0.1, 0.15) is 28.6 Å². The number of halogens is 5. The van der Waals surface area contributed by atoms with Crippen LogP contribution in [0.25, 0.3) is 22.3 Å². The molecule has 0 aliphatic heterocycles. The maximum absolute atomic E-state index is 15.1. The number of nitriles is 1. The molecule has 0 aliphatic carbocycles. The van der Waals surface area contributed by atoms with Gasteiger partial charge in [0.05, 0.1) is 30.4 Å². The number of carboxylic acids is 1. The Morgan fingerprint density at radius 3 is 2.71 bits per heavy atom. The summed E-state index contributed by atoms with van der Waals surface area (Å²) >= 11 is 0. The Bertz CT molecular complexity index is 2020. The fraction of sp³-hybridized carbons (Fsp3) is 0.138. The summed E-state index contributed by atoms with van der Waals surface area (Å²) in [6.07, 6.45) is 1.31. The number of ether oxygens (including phenoxy) is 1. The van der Waals surface area contributed by atoms with Crippen molar-refractivity contribution in [3.63, 3.8) is 0 Å². The second-order valence-electron chi connectivity index (χ2n) is 8.95. The fourth-order valence-corrected chi connectivity index (χ4v) is 4.24. The van der Waals surface area contributed by atoms with E-state index < -0.39 is 93.4 Å². The van der Waals surface area contributed by atoms with E-state index in [9.17, 15) is 23.2 Å². The van der Waals surface area contributed by atoms with Gasteiger partial charge in [0.2, 0.25) is 11.6 Å². The first-order valence-corrected chi connectivity index (χ1v) is 11.8. The number of imidazole rings is 1. The third kappa shape index (κ3) is 4.98. The van der Waals surface area contributed by atoms with Gasteiger partial charge < -0.3 is 19.8 Å². The SMILES string of the molecule is [2H]c1c[nH]c2c(F)c(F)c(Oc3ccc(F)c(-c4ncc(C(C#N)(c5cc(F)cc(CCC(=O)O)c5)C([2H])([2H])[2H])[nH]4)c3)c(F)c12. The van der Waals surface area contributed by atoms with Crippen molar-refractivity contribution in [2.75, 3.05) is 0 Å². The first-order valence-electron chi connectivity index (χ1n) is 13.8. The molecule has 0 fully saturated rings. The maximum atomic E-state index is 15.1. The zero-order chi connectivity index (χ0) is 32.8. The average molecular weight is 571 g/mol. The van der Waals surface area contributed by atoms with Gasteiger partial charge in [-0.2, -0.15) is 9.65 Å². The molecule has 3 aromatic carbocycles. The van der Waals surface area contributed by atoms with E-state index in [-0.39, 0.29) is 23.4 Å². The van der Waals surface area contributed by atoms with Gasteiger partial charge in [-0.25, -0.2) is 22.5 Å². The number of carbonyl (C=O) groups is 1. The van der Waals surface area contributed by atoms with Gasteiger partial charge >= 0.3 is 5.97 Å². The number of rotatable bonds is 8. The Morgan fingerprint density at radius 1 is 1.17 bits per heavy atom. The molecule has 0 saturated heterocycles. The van der Waals surface area contributed by atoms with Crippen molar-refractivity contribution in [3.8, 4) is 29.0 Å². The van der Waals surface area contributed by atoms with Gasteiger partial charge in [-0.05, 0) is 60.8 Å². The highest BCUT2D eigenvalue weighted by Gasteiger charge is 2.32. The zero-order valence-electron chi connectivity index (χ0n) is 24.6. The van der Waals surface area contributed by atoms with Crippen molar-refractivity contribution < 1.29 is 42.1 Å². The van der Waals surface area contributed by atoms with Gasteiger partial charge in [0.25, 0.3) is 0 Å². The lowest BCUT2D eigenvalue weighted by Gasteiger charge is -2.21. The lowest BCUT2D eigenvalue weighted by atomic mass is 9.80. The predicted octanol–water partition coefficient (Wildman–Crippen LogP) is 6.89. The first kappa shape index (κ1) is 22.6. The molecular weight excluding hydrogens is 547 g/mol. The van der Waals surface area contributed by atoms with E-state index in [1.165, 1.54) is 6.07 Å². The molecule has 1 unspecified atom stereocenters. The van der Waals surface area contributed by atoms with E-state index in [1.54, 1.807) is 6.07 Å². The molecule has 0 spiro atoms. The molecule has 41 heavy (non-hydrogen) atoms. The number of hydrogen-bond donors (Lipinski definition) is 3. The summed E-state index contributed by atoms with van der Waals surface area (Å²) in [6, 6.07) is 6.93. The Morgan fingerprint density at radius 2 is 1.98 bits per heavy atom. The zero-order valence-corrected chi connectivity index (χ0v) is 20.6. The number of carboxylic acid groups (broad SMARTS) is 1. The molecule has 12 heteroatoms. The quantitative estimate of drug-likeness (QED) is 0.139. The standard InChI is InChI=1S/C29H19F5N4O3/c1-29(13-35,15-8-14(2-5-22(39)40)9-16(30)10-15)21-12-37-28(38-21)19-11-17(3-4-20(19)31)41-27-23(32)18-6-7-36-26(18)24(33)25(27)34/h3-4,6-12,36H,2,5H2,1H3,(H,37,38)(H,39,40)/i1D3,6D. The van der Waals surface area contributed by atoms with Crippen LogP contribution >= 0.6 is 0 Å². The second-order valence-corrected chi connectivity index (χ2v) is 8.95. The minimum absolute atomic E-state index is 0.109. The van der Waals surface area contributed by atoms with Gasteiger partial charge in [-0.15, -0.1) is 0 Å². The summed E-state index contributed by atoms with van der Waals surface area (Å²) in [5.41, 5.74) is -4.23. The van der Waals surface area contributed by atoms with Crippen molar-refractivity contribution in [1.82, 2.24) is 15.0 Å². The van der Waals surface area contributed by atoms with Crippen LogP contribution in [0.2, 0.25) is 0 Å². The summed E-state index contributed by atoms with van der Waals surface area (Å²) in [5, 5.41) is 18.6. The number of H-pyrrole nitrogens is 2. The molecule has 208 valence electrons. The molecule has 5 aromatic rings. The molecule has 2 aromatic heterocycles. The van der Waals surface area contributed by atoms with E-state index in [2.05, 4.69) is 15.0 Å². The van der Waals surface area contributed by atoms with E-state index >= 15 is 8.78 Å². The molecule has 0 aliphatic rings. The number of nitrogens with zero attached hydrogens (tertiary/aromatic N) is 2. The number of aliphatic carboxylic acids is 1. The summed E-state index contributed by atoms with van der Waals surface area (Å²) in [6.45, 7) is -3.17. The number of hydrogen-bond acceptors (Lipinski definition) is 4. The van der Waals surface area contributed by atoms with Gasteiger partial charge in [0, 0.05) is 22.1 Å². The molecule has 0 bridgehead atoms. The summed E-state index contributed by atoms with van der Waals surface area (Å²) in [5.74, 6) is -9.68. The van der Waals surface area contributed by atoms with Crippen LogP contribution in [0.3, 0.4) is 0 Å².